The van der Waals surface area contributed by atoms with Gasteiger partial charge in [0.15, 0.2) is 0 Å². The number of benzene rings is 1. The smallest absolute Gasteiger partial charge is 0.253 e. The summed E-state index contributed by atoms with van der Waals surface area (Å²) in [6.45, 7) is 4.22. The molecule has 1 aromatic carbocycles. The van der Waals surface area contributed by atoms with Crippen molar-refractivity contribution < 1.29 is 4.79 Å². The lowest BCUT2D eigenvalue weighted by atomic mass is 10.1. The van der Waals surface area contributed by atoms with Crippen molar-refractivity contribution in [3.05, 3.63) is 66.2 Å². The number of carbonyl (C=O) groups excluding carboxylic acids is 1. The summed E-state index contributed by atoms with van der Waals surface area (Å²) in [5, 5.41) is 11.1. The Hall–Kier alpha value is -3.13. The zero-order valence-corrected chi connectivity index (χ0v) is 15.0. The van der Waals surface area contributed by atoms with Gasteiger partial charge in [-0.3, -0.25) is 14.7 Å². The minimum absolute atomic E-state index is 0.0708. The summed E-state index contributed by atoms with van der Waals surface area (Å²) in [6, 6.07) is 11.4. The second-order valence-electron chi connectivity index (χ2n) is 6.58. The molecule has 1 fully saturated rings. The van der Waals surface area contributed by atoms with Crippen LogP contribution in [0.1, 0.15) is 22.3 Å². The molecule has 0 aliphatic carbocycles. The molecular formula is C19H21N7O. The Morgan fingerprint density at radius 3 is 2.67 bits per heavy atom. The van der Waals surface area contributed by atoms with E-state index in [4.69, 9.17) is 0 Å². The third-order valence-electron chi connectivity index (χ3n) is 4.73. The second kappa shape index (κ2) is 8.05. The van der Waals surface area contributed by atoms with Crippen LogP contribution in [0.15, 0.2) is 55.1 Å². The van der Waals surface area contributed by atoms with Crippen LogP contribution in [0, 0.1) is 0 Å². The fraction of sp³-hybridized carbons (Fsp3) is 0.316. The molecule has 3 heterocycles. The van der Waals surface area contributed by atoms with Crippen molar-refractivity contribution in [3.63, 3.8) is 0 Å². The van der Waals surface area contributed by atoms with Crippen molar-refractivity contribution in [2.45, 2.75) is 13.0 Å². The van der Waals surface area contributed by atoms with Crippen molar-refractivity contribution >= 4 is 5.91 Å². The van der Waals surface area contributed by atoms with Crippen LogP contribution < -0.4 is 0 Å². The molecule has 0 saturated carbocycles. The molecule has 0 unspecified atom stereocenters. The normalized spacial score (nSPS) is 15.5. The van der Waals surface area contributed by atoms with Crippen LogP contribution in [0.4, 0.5) is 0 Å². The third-order valence-corrected chi connectivity index (χ3v) is 4.73. The van der Waals surface area contributed by atoms with Crippen LogP contribution in [0.5, 0.6) is 0 Å². The number of tetrazole rings is 1. The van der Waals surface area contributed by atoms with Crippen molar-refractivity contribution in [1.82, 2.24) is 35.0 Å². The van der Waals surface area contributed by atoms with E-state index in [1.54, 1.807) is 10.9 Å². The zero-order valence-electron chi connectivity index (χ0n) is 15.0. The van der Waals surface area contributed by atoms with Gasteiger partial charge in [-0.1, -0.05) is 6.07 Å². The molecule has 8 nitrogen and oxygen atoms in total. The van der Waals surface area contributed by atoms with Gasteiger partial charge >= 0.3 is 0 Å². The number of nitrogens with zero attached hydrogens (tertiary/aromatic N) is 7. The first kappa shape index (κ1) is 17.3. The number of hydrogen-bond acceptors (Lipinski definition) is 6. The van der Waals surface area contributed by atoms with Gasteiger partial charge in [0.2, 0.25) is 0 Å². The molecule has 1 aliphatic rings. The lowest BCUT2D eigenvalue weighted by molar-refractivity contribution is 0.0761. The highest BCUT2D eigenvalue weighted by Gasteiger charge is 2.20. The fourth-order valence-electron chi connectivity index (χ4n) is 3.30. The van der Waals surface area contributed by atoms with E-state index in [2.05, 4.69) is 31.5 Å². The lowest BCUT2D eigenvalue weighted by Crippen LogP contribution is -2.35. The van der Waals surface area contributed by atoms with Crippen LogP contribution in [-0.4, -0.2) is 67.1 Å². The highest BCUT2D eigenvalue weighted by molar-refractivity contribution is 5.94. The summed E-state index contributed by atoms with van der Waals surface area (Å²) in [5.41, 5.74) is 2.72. The highest BCUT2D eigenvalue weighted by Crippen LogP contribution is 2.13. The van der Waals surface area contributed by atoms with Gasteiger partial charge < -0.3 is 4.90 Å². The van der Waals surface area contributed by atoms with Crippen molar-refractivity contribution in [3.8, 4) is 5.69 Å². The zero-order chi connectivity index (χ0) is 18.5. The molecule has 4 rings (SSSR count). The van der Waals surface area contributed by atoms with Gasteiger partial charge in [-0.25, -0.2) is 4.68 Å². The van der Waals surface area contributed by atoms with Gasteiger partial charge in [0.05, 0.1) is 5.69 Å². The number of pyridine rings is 1. The molecule has 3 aromatic rings. The molecule has 1 saturated heterocycles. The number of aromatic nitrogens is 5. The predicted octanol–water partition coefficient (Wildman–Crippen LogP) is 1.41. The van der Waals surface area contributed by atoms with Gasteiger partial charge in [0.1, 0.15) is 6.33 Å². The van der Waals surface area contributed by atoms with E-state index in [9.17, 15) is 4.79 Å². The number of carbonyl (C=O) groups is 1. The Bertz CT molecular complexity index is 865. The van der Waals surface area contributed by atoms with Gasteiger partial charge in [-0.05, 0) is 52.7 Å². The fourth-order valence-corrected chi connectivity index (χ4v) is 3.30. The summed E-state index contributed by atoms with van der Waals surface area (Å²) in [5.74, 6) is 0.0708. The van der Waals surface area contributed by atoms with E-state index in [-0.39, 0.29) is 5.91 Å². The average Bonchev–Trinajstić information content (AvgIpc) is 3.16. The van der Waals surface area contributed by atoms with Gasteiger partial charge in [-0.15, -0.1) is 5.10 Å². The Balaban J connectivity index is 1.38. The van der Waals surface area contributed by atoms with Gasteiger partial charge in [-0.2, -0.15) is 0 Å². The molecule has 0 bridgehead atoms. The Morgan fingerprint density at radius 2 is 1.93 bits per heavy atom. The van der Waals surface area contributed by atoms with Gasteiger partial charge in [0, 0.05) is 50.7 Å². The standard InChI is InChI=1S/C19H21N7O/c27-19(17-4-6-18(7-5-17)26-15-21-22-23-26)25-10-2-9-24(11-12-25)14-16-3-1-8-20-13-16/h1,3-8,13,15H,2,9-12,14H2. The quantitative estimate of drug-likeness (QED) is 0.697. The largest absolute Gasteiger partial charge is 0.337 e. The van der Waals surface area contributed by atoms with E-state index in [1.165, 1.54) is 11.9 Å². The van der Waals surface area contributed by atoms with E-state index < -0.39 is 0 Å². The minimum atomic E-state index is 0.0708. The Kier molecular flexibility index (Phi) is 5.15. The third kappa shape index (κ3) is 4.17. The molecule has 2 aromatic heterocycles. The Morgan fingerprint density at radius 1 is 1.04 bits per heavy atom. The summed E-state index contributed by atoms with van der Waals surface area (Å²) < 4.78 is 1.57. The maximum Gasteiger partial charge on any atom is 0.253 e. The summed E-state index contributed by atoms with van der Waals surface area (Å²) in [7, 11) is 0. The molecule has 0 atom stereocenters. The first-order valence-electron chi connectivity index (χ1n) is 9.03. The van der Waals surface area contributed by atoms with Crippen LogP contribution >= 0.6 is 0 Å². The van der Waals surface area contributed by atoms with Gasteiger partial charge in [0.25, 0.3) is 5.91 Å². The van der Waals surface area contributed by atoms with E-state index >= 15 is 0 Å². The Labute approximate surface area is 157 Å². The second-order valence-corrected chi connectivity index (χ2v) is 6.58. The minimum Gasteiger partial charge on any atom is -0.337 e. The summed E-state index contributed by atoms with van der Waals surface area (Å²) in [6.07, 6.45) is 6.19. The van der Waals surface area contributed by atoms with Crippen molar-refractivity contribution in [2.24, 2.45) is 0 Å². The first-order chi connectivity index (χ1) is 13.3. The molecule has 0 spiro atoms. The van der Waals surface area contributed by atoms with Crippen LogP contribution in [0.3, 0.4) is 0 Å². The molecule has 8 heteroatoms. The van der Waals surface area contributed by atoms with Crippen LogP contribution in [0.2, 0.25) is 0 Å². The topological polar surface area (TPSA) is 80.0 Å². The maximum atomic E-state index is 12.9. The average molecular weight is 363 g/mol. The predicted molar refractivity (Wildman–Crippen MR) is 99.2 cm³/mol. The van der Waals surface area contributed by atoms with E-state index in [1.807, 2.05) is 41.4 Å². The van der Waals surface area contributed by atoms with E-state index in [0.29, 0.717) is 5.56 Å². The SMILES string of the molecule is O=C(c1ccc(-n2cnnn2)cc1)N1CCCN(Cc2cccnc2)CC1. The van der Waals surface area contributed by atoms with E-state index in [0.717, 1.165) is 44.8 Å². The molecule has 27 heavy (non-hydrogen) atoms. The van der Waals surface area contributed by atoms with Crippen molar-refractivity contribution in [2.75, 3.05) is 26.2 Å². The molecule has 1 aliphatic heterocycles. The molecular weight excluding hydrogens is 342 g/mol. The van der Waals surface area contributed by atoms with Crippen molar-refractivity contribution in [1.29, 1.82) is 0 Å². The maximum absolute atomic E-state index is 12.9. The number of rotatable bonds is 4. The number of amides is 1. The van der Waals surface area contributed by atoms with Crippen LogP contribution in [-0.2, 0) is 6.54 Å². The molecule has 0 N–H and O–H groups in total. The highest BCUT2D eigenvalue weighted by atomic mass is 16.2. The number of hydrogen-bond donors (Lipinski definition) is 0. The molecule has 1 amide bonds. The monoisotopic (exact) mass is 363 g/mol. The lowest BCUT2D eigenvalue weighted by Gasteiger charge is -2.22. The summed E-state index contributed by atoms with van der Waals surface area (Å²) >= 11 is 0. The molecule has 0 radical (unpaired) electrons. The molecule has 138 valence electrons. The first-order valence-corrected chi connectivity index (χ1v) is 9.03. The summed E-state index contributed by atoms with van der Waals surface area (Å²) in [4.78, 5) is 21.4. The van der Waals surface area contributed by atoms with Crippen LogP contribution in [0.25, 0.3) is 5.69 Å².